The number of hydrogen-bond donors (Lipinski definition) is 6. The molecule has 0 spiro atoms. The van der Waals surface area contributed by atoms with Crippen molar-refractivity contribution in [1.29, 1.82) is 5.41 Å². The van der Waals surface area contributed by atoms with E-state index in [-0.39, 0.29) is 35.9 Å². The number of carboxylic acids is 3. The van der Waals surface area contributed by atoms with E-state index in [1.165, 1.54) is 18.2 Å². The smallest absolute Gasteiger partial charge is 0.481 e. The third kappa shape index (κ3) is 10.4. The average Bonchev–Trinajstić information content (AvgIpc) is 3.27. The molecule has 16 heteroatoms. The first-order valence-electron chi connectivity index (χ1n) is 10.3. The third-order valence-electron chi connectivity index (χ3n) is 4.40. The maximum atomic E-state index is 12.3. The predicted molar refractivity (Wildman–Crippen MR) is 120 cm³/mol. The van der Waals surface area contributed by atoms with E-state index in [1.54, 1.807) is 19.1 Å². The monoisotopic (exact) mass is 545 g/mol. The Hall–Kier alpha value is -4.89. The molecule has 0 aliphatic carbocycles. The van der Waals surface area contributed by atoms with Gasteiger partial charge in [-0.15, -0.1) is 0 Å². The van der Waals surface area contributed by atoms with Crippen LogP contribution in [0.5, 0.6) is 5.75 Å². The maximum absolute atomic E-state index is 12.3. The van der Waals surface area contributed by atoms with E-state index in [2.05, 4.69) is 5.32 Å². The molecule has 0 aliphatic heterocycles. The van der Waals surface area contributed by atoms with Crippen LogP contribution in [0.15, 0.2) is 34.7 Å². The van der Waals surface area contributed by atoms with Crippen LogP contribution in [0.3, 0.4) is 0 Å². The molecule has 1 atom stereocenters. The summed E-state index contributed by atoms with van der Waals surface area (Å²) in [4.78, 5) is 54.7. The summed E-state index contributed by atoms with van der Waals surface area (Å²) in [6.07, 6.45) is -5.94. The highest BCUT2D eigenvalue weighted by molar-refractivity contribution is 5.95. The summed E-state index contributed by atoms with van der Waals surface area (Å²) >= 11 is 0. The molecule has 38 heavy (non-hydrogen) atoms. The lowest BCUT2D eigenvalue weighted by Crippen LogP contribution is -2.42. The molecular weight excluding hydrogens is 523 g/mol. The van der Waals surface area contributed by atoms with Gasteiger partial charge < -0.3 is 35.5 Å². The highest BCUT2D eigenvalue weighted by Crippen LogP contribution is 2.21. The molecule has 2 aromatic rings. The summed E-state index contributed by atoms with van der Waals surface area (Å²) < 4.78 is 42.4. The summed E-state index contributed by atoms with van der Waals surface area (Å²) in [6, 6.07) is 5.96. The minimum Gasteiger partial charge on any atom is -0.481 e. The fourth-order valence-corrected chi connectivity index (χ4v) is 2.58. The number of aliphatic carboxylic acids is 3. The van der Waals surface area contributed by atoms with E-state index in [4.69, 9.17) is 40.4 Å². The second kappa shape index (κ2) is 13.4. The zero-order valence-corrected chi connectivity index (χ0v) is 19.5. The Labute approximate surface area is 211 Å². The van der Waals surface area contributed by atoms with E-state index in [0.29, 0.717) is 11.1 Å². The highest BCUT2D eigenvalue weighted by atomic mass is 19.4. The molecule has 1 aromatic carbocycles. The van der Waals surface area contributed by atoms with Crippen LogP contribution in [0.2, 0.25) is 0 Å². The minimum atomic E-state index is -5.08. The van der Waals surface area contributed by atoms with Crippen LogP contribution in [-0.2, 0) is 25.6 Å². The van der Waals surface area contributed by atoms with Crippen LogP contribution in [0, 0.1) is 12.3 Å². The Kier molecular flexibility index (Phi) is 11.0. The minimum absolute atomic E-state index is 0.0604. The first-order valence-corrected chi connectivity index (χ1v) is 10.3. The van der Waals surface area contributed by atoms with Gasteiger partial charge in [0.05, 0.1) is 6.42 Å². The maximum Gasteiger partial charge on any atom is 0.490 e. The first-order chi connectivity index (χ1) is 17.5. The van der Waals surface area contributed by atoms with E-state index in [9.17, 15) is 32.3 Å². The summed E-state index contributed by atoms with van der Waals surface area (Å²) in [5, 5.41) is 34.3. The van der Waals surface area contributed by atoms with Gasteiger partial charge >= 0.3 is 30.1 Å². The summed E-state index contributed by atoms with van der Waals surface area (Å²) in [5.41, 5.74) is 6.50. The molecule has 0 fully saturated rings. The number of amides is 1. The Bertz CT molecular complexity index is 1220. The molecule has 0 saturated carbocycles. The van der Waals surface area contributed by atoms with Gasteiger partial charge in [-0.05, 0) is 42.8 Å². The van der Waals surface area contributed by atoms with Gasteiger partial charge in [0, 0.05) is 18.4 Å². The number of carboxylic acid groups (broad SMARTS) is 3. The van der Waals surface area contributed by atoms with Crippen molar-refractivity contribution in [2.75, 3.05) is 0 Å². The molecule has 0 saturated heterocycles. The number of nitrogens with one attached hydrogen (secondary N) is 2. The van der Waals surface area contributed by atoms with Crippen LogP contribution in [0.25, 0.3) is 0 Å². The van der Waals surface area contributed by atoms with Crippen LogP contribution in [0.1, 0.15) is 40.3 Å². The summed E-state index contributed by atoms with van der Waals surface area (Å²) in [6.45, 7) is 1.69. The number of ether oxygens (including phenoxy) is 1. The normalized spacial score (nSPS) is 11.4. The number of carbonyl (C=O) groups excluding carboxylic acids is 2. The molecule has 0 unspecified atom stereocenters. The number of rotatable bonds is 10. The molecule has 2 rings (SSSR count). The van der Waals surface area contributed by atoms with Gasteiger partial charge in [-0.2, -0.15) is 13.2 Å². The number of esters is 1. The molecule has 0 radical (unpaired) electrons. The van der Waals surface area contributed by atoms with Gasteiger partial charge in [-0.1, -0.05) is 0 Å². The number of nitrogens with two attached hydrogens (primary N) is 1. The molecule has 1 heterocycles. The second-order valence-corrected chi connectivity index (χ2v) is 7.41. The van der Waals surface area contributed by atoms with Crippen molar-refractivity contribution in [3.05, 3.63) is 53.0 Å². The number of aryl methyl sites for hydroxylation is 2. The number of alkyl halides is 3. The lowest BCUT2D eigenvalue weighted by Gasteiger charge is -2.11. The Morgan fingerprint density at radius 2 is 1.71 bits per heavy atom. The van der Waals surface area contributed by atoms with Crippen LogP contribution < -0.4 is 15.8 Å². The van der Waals surface area contributed by atoms with Crippen LogP contribution >= 0.6 is 0 Å². The molecular formula is C22H22F3N3O10. The van der Waals surface area contributed by atoms with Crippen LogP contribution in [-0.4, -0.2) is 63.2 Å². The number of nitrogen functional groups attached to an aromatic ring is 1. The Morgan fingerprint density at radius 1 is 1.11 bits per heavy atom. The number of furan rings is 1. The standard InChI is InChI=1S/C20H21N3O8.C2HF3O2/c1-10-8-11(18(21)22)2-5-14(10)31-20(29)15-6-3-12(30-15)4-7-16(24)23-13(19(27)28)9-17(25)26;3-2(4,5)1(6)7/h2-3,5-6,8,13H,4,7,9H2,1H3,(H3,21,22)(H,23,24)(H,25,26)(H,27,28);(H,6,7)/t13-;/m0./s1. The van der Waals surface area contributed by atoms with Crippen molar-refractivity contribution in [1.82, 2.24) is 5.32 Å². The van der Waals surface area contributed by atoms with Crippen LogP contribution in [0.4, 0.5) is 13.2 Å². The lowest BCUT2D eigenvalue weighted by molar-refractivity contribution is -0.192. The largest absolute Gasteiger partial charge is 0.490 e. The lowest BCUT2D eigenvalue weighted by atomic mass is 10.1. The van der Waals surface area contributed by atoms with Crippen molar-refractivity contribution in [3.8, 4) is 5.75 Å². The van der Waals surface area contributed by atoms with Gasteiger partial charge in [0.1, 0.15) is 23.4 Å². The number of amidine groups is 1. The third-order valence-corrected chi connectivity index (χ3v) is 4.40. The molecule has 1 amide bonds. The van der Waals surface area contributed by atoms with E-state index >= 15 is 0 Å². The number of hydrogen-bond acceptors (Lipinski definition) is 8. The zero-order chi connectivity index (χ0) is 29.2. The molecule has 13 nitrogen and oxygen atoms in total. The molecule has 1 aromatic heterocycles. The van der Waals surface area contributed by atoms with E-state index in [0.717, 1.165) is 0 Å². The van der Waals surface area contributed by atoms with Crippen molar-refractivity contribution in [2.45, 2.75) is 38.4 Å². The first kappa shape index (κ1) is 31.1. The highest BCUT2D eigenvalue weighted by Gasteiger charge is 2.38. The Morgan fingerprint density at radius 3 is 2.18 bits per heavy atom. The van der Waals surface area contributed by atoms with Gasteiger partial charge in [-0.3, -0.25) is 15.0 Å². The summed E-state index contributed by atoms with van der Waals surface area (Å²) in [5.74, 6) is -6.65. The Balaban J connectivity index is 0.000000905. The van der Waals surface area contributed by atoms with Crippen molar-refractivity contribution < 1.29 is 61.6 Å². The SMILES string of the molecule is Cc1cc(C(=N)N)ccc1OC(=O)c1ccc(CCC(=O)N[C@@H](CC(=O)O)C(=O)O)o1.O=C(O)C(F)(F)F. The van der Waals surface area contributed by atoms with Crippen molar-refractivity contribution in [2.24, 2.45) is 5.73 Å². The van der Waals surface area contributed by atoms with Crippen molar-refractivity contribution in [3.63, 3.8) is 0 Å². The fraction of sp³-hybridized carbons (Fsp3) is 0.273. The second-order valence-electron chi connectivity index (χ2n) is 7.41. The zero-order valence-electron chi connectivity index (χ0n) is 19.5. The molecule has 206 valence electrons. The fourth-order valence-electron chi connectivity index (χ4n) is 2.58. The van der Waals surface area contributed by atoms with Crippen molar-refractivity contribution >= 4 is 35.6 Å². The van der Waals surface area contributed by atoms with E-state index < -0.39 is 48.4 Å². The topological polar surface area (TPSA) is 230 Å². The predicted octanol–water partition coefficient (Wildman–Crippen LogP) is 1.70. The molecule has 7 N–H and O–H groups in total. The van der Waals surface area contributed by atoms with Gasteiger partial charge in [-0.25, -0.2) is 14.4 Å². The molecule has 0 bridgehead atoms. The number of carbonyl (C=O) groups is 5. The van der Waals surface area contributed by atoms with Gasteiger partial charge in [0.25, 0.3) is 0 Å². The van der Waals surface area contributed by atoms with Gasteiger partial charge in [0.2, 0.25) is 11.7 Å². The number of halogens is 3. The summed E-state index contributed by atoms with van der Waals surface area (Å²) in [7, 11) is 0. The van der Waals surface area contributed by atoms with E-state index in [1.807, 2.05) is 0 Å². The average molecular weight is 545 g/mol. The molecule has 0 aliphatic rings. The van der Waals surface area contributed by atoms with Gasteiger partial charge in [0.15, 0.2) is 0 Å². The quantitative estimate of drug-likeness (QED) is 0.109. The number of benzene rings is 1.